The van der Waals surface area contributed by atoms with Crippen molar-refractivity contribution in [3.63, 3.8) is 0 Å². The number of fused-ring (bicyclic) bond motifs is 1. The standard InChI is InChI=1S/C32H30Cl2N2O6/c1-39-24-11-6-20(7-12-24)16-22-4-3-5-26-31(22)35-36(32(26)21-8-13-25(40-2)14-9-21)29(37)18-42-30(38)19-41-28-15-10-23(33)17-27(28)34/h6-17,26,32H,3-5,18-19H2,1-2H3. The Morgan fingerprint density at radius 2 is 1.64 bits per heavy atom. The fourth-order valence-corrected chi connectivity index (χ4v) is 5.68. The minimum atomic E-state index is -0.709. The topological polar surface area (TPSA) is 86.7 Å². The highest BCUT2D eigenvalue weighted by Crippen LogP contribution is 2.44. The molecule has 0 N–H and O–H groups in total. The summed E-state index contributed by atoms with van der Waals surface area (Å²) in [5.41, 5.74) is 3.90. The SMILES string of the molecule is COc1ccc(C=C2CCCC3C2=NN(C(=O)COC(=O)COc2ccc(Cl)cc2Cl)C3c2ccc(OC)cc2)cc1. The van der Waals surface area contributed by atoms with E-state index in [9.17, 15) is 9.59 Å². The molecule has 1 fully saturated rings. The first-order valence-corrected chi connectivity index (χ1v) is 14.2. The van der Waals surface area contributed by atoms with Gasteiger partial charge in [-0.1, -0.05) is 47.5 Å². The van der Waals surface area contributed by atoms with Crippen molar-refractivity contribution in [2.45, 2.75) is 25.3 Å². The summed E-state index contributed by atoms with van der Waals surface area (Å²) in [6, 6.07) is 19.8. The maximum absolute atomic E-state index is 13.5. The molecule has 8 nitrogen and oxygen atoms in total. The predicted octanol–water partition coefficient (Wildman–Crippen LogP) is 6.76. The van der Waals surface area contributed by atoms with E-state index in [1.807, 2.05) is 48.5 Å². The fourth-order valence-electron chi connectivity index (χ4n) is 5.22. The first-order valence-electron chi connectivity index (χ1n) is 13.5. The van der Waals surface area contributed by atoms with Gasteiger partial charge in [-0.2, -0.15) is 5.10 Å². The molecule has 218 valence electrons. The lowest BCUT2D eigenvalue weighted by Crippen LogP contribution is -2.35. The van der Waals surface area contributed by atoms with Crippen LogP contribution in [-0.4, -0.2) is 50.0 Å². The molecule has 0 bridgehead atoms. The van der Waals surface area contributed by atoms with Crippen LogP contribution in [0.2, 0.25) is 10.0 Å². The van der Waals surface area contributed by atoms with Gasteiger partial charge in [0.05, 0.1) is 31.0 Å². The molecule has 42 heavy (non-hydrogen) atoms. The van der Waals surface area contributed by atoms with Crippen LogP contribution in [0.25, 0.3) is 6.08 Å². The number of rotatable bonds is 9. The number of hydrazone groups is 1. The van der Waals surface area contributed by atoms with Crippen molar-refractivity contribution in [1.29, 1.82) is 0 Å². The van der Waals surface area contributed by atoms with E-state index < -0.39 is 25.1 Å². The van der Waals surface area contributed by atoms with Gasteiger partial charge < -0.3 is 18.9 Å². The number of ether oxygens (including phenoxy) is 4. The minimum Gasteiger partial charge on any atom is -0.497 e. The highest BCUT2D eigenvalue weighted by Gasteiger charge is 2.43. The highest BCUT2D eigenvalue weighted by molar-refractivity contribution is 6.35. The molecular formula is C32H30Cl2N2O6. The quantitative estimate of drug-likeness (QED) is 0.250. The number of nitrogens with zero attached hydrogens (tertiary/aromatic N) is 2. The van der Waals surface area contributed by atoms with Gasteiger partial charge in [0.15, 0.2) is 13.2 Å². The van der Waals surface area contributed by atoms with Gasteiger partial charge in [-0.25, -0.2) is 9.80 Å². The number of hydrogen-bond acceptors (Lipinski definition) is 7. The van der Waals surface area contributed by atoms with Crippen molar-refractivity contribution in [3.8, 4) is 17.2 Å². The molecule has 0 spiro atoms. The third kappa shape index (κ3) is 6.72. The smallest absolute Gasteiger partial charge is 0.344 e. The van der Waals surface area contributed by atoms with E-state index in [0.29, 0.717) is 10.8 Å². The van der Waals surface area contributed by atoms with E-state index in [1.165, 1.54) is 11.1 Å². The zero-order valence-corrected chi connectivity index (χ0v) is 24.7. The van der Waals surface area contributed by atoms with Gasteiger partial charge in [0.25, 0.3) is 5.91 Å². The fraction of sp³-hybridized carbons (Fsp3) is 0.281. The Bertz CT molecular complexity index is 1500. The number of amides is 1. The normalized spacial score (nSPS) is 18.7. The van der Waals surface area contributed by atoms with Crippen molar-refractivity contribution in [2.24, 2.45) is 11.0 Å². The second-order valence-electron chi connectivity index (χ2n) is 9.91. The number of hydrogen-bond donors (Lipinski definition) is 0. The Morgan fingerprint density at radius 3 is 2.31 bits per heavy atom. The Morgan fingerprint density at radius 1 is 0.952 bits per heavy atom. The van der Waals surface area contributed by atoms with E-state index in [-0.39, 0.29) is 22.7 Å². The summed E-state index contributed by atoms with van der Waals surface area (Å²) in [6.07, 6.45) is 4.79. The van der Waals surface area contributed by atoms with Crippen LogP contribution in [-0.2, 0) is 14.3 Å². The van der Waals surface area contributed by atoms with Crippen LogP contribution in [0, 0.1) is 5.92 Å². The molecule has 2 aliphatic rings. The lowest BCUT2D eigenvalue weighted by Gasteiger charge is -2.29. The second kappa shape index (κ2) is 13.3. The molecular weight excluding hydrogens is 579 g/mol. The maximum Gasteiger partial charge on any atom is 0.344 e. The Kier molecular flexibility index (Phi) is 9.35. The van der Waals surface area contributed by atoms with Crippen LogP contribution >= 0.6 is 23.2 Å². The molecule has 1 aliphatic heterocycles. The van der Waals surface area contributed by atoms with E-state index in [1.54, 1.807) is 26.4 Å². The number of halogens is 2. The molecule has 1 saturated carbocycles. The molecule has 3 aromatic carbocycles. The van der Waals surface area contributed by atoms with Gasteiger partial charge in [-0.15, -0.1) is 0 Å². The average molecular weight is 610 g/mol. The number of methoxy groups -OCH3 is 2. The lowest BCUT2D eigenvalue weighted by molar-refractivity contribution is -0.154. The predicted molar refractivity (Wildman–Crippen MR) is 161 cm³/mol. The summed E-state index contributed by atoms with van der Waals surface area (Å²) in [7, 11) is 3.24. The van der Waals surface area contributed by atoms with Gasteiger partial charge in [0, 0.05) is 10.9 Å². The van der Waals surface area contributed by atoms with Crippen molar-refractivity contribution in [1.82, 2.24) is 5.01 Å². The van der Waals surface area contributed by atoms with Gasteiger partial charge in [-0.05, 0) is 84.5 Å². The number of esters is 1. The van der Waals surface area contributed by atoms with Gasteiger partial charge in [-0.3, -0.25) is 4.79 Å². The first kappa shape index (κ1) is 29.5. The molecule has 5 rings (SSSR count). The Labute approximate surface area is 254 Å². The summed E-state index contributed by atoms with van der Waals surface area (Å²) in [4.78, 5) is 25.9. The van der Waals surface area contributed by atoms with Gasteiger partial charge in [0.1, 0.15) is 17.2 Å². The first-order chi connectivity index (χ1) is 20.4. The van der Waals surface area contributed by atoms with E-state index >= 15 is 0 Å². The summed E-state index contributed by atoms with van der Waals surface area (Å²) in [5.74, 6) is 0.638. The van der Waals surface area contributed by atoms with Crippen LogP contribution in [0.4, 0.5) is 0 Å². The molecule has 2 unspecified atom stereocenters. The number of allylic oxidation sites excluding steroid dienone is 1. The largest absolute Gasteiger partial charge is 0.497 e. The minimum absolute atomic E-state index is 0.00771. The lowest BCUT2D eigenvalue weighted by atomic mass is 9.77. The van der Waals surface area contributed by atoms with Gasteiger partial charge in [0.2, 0.25) is 0 Å². The zero-order chi connectivity index (χ0) is 29.6. The van der Waals surface area contributed by atoms with Crippen molar-refractivity contribution >= 4 is 46.9 Å². The van der Waals surface area contributed by atoms with Crippen LogP contribution < -0.4 is 14.2 Å². The van der Waals surface area contributed by atoms with Crippen LogP contribution in [0.5, 0.6) is 17.2 Å². The third-order valence-electron chi connectivity index (χ3n) is 7.27. The number of carbonyl (C=O) groups excluding carboxylic acids is 2. The van der Waals surface area contributed by atoms with Crippen LogP contribution in [0.1, 0.15) is 36.4 Å². The van der Waals surface area contributed by atoms with E-state index in [2.05, 4.69) is 6.08 Å². The van der Waals surface area contributed by atoms with Crippen molar-refractivity contribution in [3.05, 3.63) is 93.5 Å². The molecule has 10 heteroatoms. The van der Waals surface area contributed by atoms with Crippen LogP contribution in [0.15, 0.2) is 77.4 Å². The van der Waals surface area contributed by atoms with Crippen molar-refractivity contribution < 1.29 is 28.5 Å². The summed E-state index contributed by atoms with van der Waals surface area (Å²) in [6.45, 7) is -0.896. The van der Waals surface area contributed by atoms with E-state index in [4.69, 9.17) is 47.3 Å². The third-order valence-corrected chi connectivity index (χ3v) is 7.80. The molecule has 0 aromatic heterocycles. The zero-order valence-electron chi connectivity index (χ0n) is 23.2. The molecule has 3 aromatic rings. The Balaban J connectivity index is 1.34. The molecule has 0 radical (unpaired) electrons. The second-order valence-corrected chi connectivity index (χ2v) is 10.8. The number of carbonyl (C=O) groups is 2. The molecule has 0 saturated heterocycles. The summed E-state index contributed by atoms with van der Waals surface area (Å²) in [5, 5.41) is 7.01. The number of benzene rings is 3. The monoisotopic (exact) mass is 608 g/mol. The highest BCUT2D eigenvalue weighted by atomic mass is 35.5. The molecule has 2 atom stereocenters. The van der Waals surface area contributed by atoms with Crippen molar-refractivity contribution in [2.75, 3.05) is 27.4 Å². The Hall–Kier alpha value is -4.01. The summed E-state index contributed by atoms with van der Waals surface area (Å²) >= 11 is 12.0. The van der Waals surface area contributed by atoms with E-state index in [0.717, 1.165) is 47.4 Å². The van der Waals surface area contributed by atoms with Gasteiger partial charge >= 0.3 is 5.97 Å². The average Bonchev–Trinajstić information content (AvgIpc) is 3.40. The maximum atomic E-state index is 13.5. The molecule has 1 amide bonds. The summed E-state index contributed by atoms with van der Waals surface area (Å²) < 4.78 is 21.3. The molecule has 1 heterocycles. The van der Waals surface area contributed by atoms with Crippen LogP contribution in [0.3, 0.4) is 0 Å². The molecule has 1 aliphatic carbocycles.